The van der Waals surface area contributed by atoms with E-state index in [1.54, 1.807) is 17.7 Å². The number of aromatic amines is 1. The molecule has 2 aromatic heterocycles. The standard InChI is InChI=1S/C21H26N4O2/c1-3-16-12-21(26)25-20(22-16)13-18(23-25)19-9-4-5-10-24(19)14-15-7-6-8-17(11-15)27-2/h6-8,11-13,19,23H,3-5,9-10,14H2,1-2H3/t19-/m1/s1. The second-order valence-electron chi connectivity index (χ2n) is 7.18. The third-order valence-electron chi connectivity index (χ3n) is 5.38. The first-order valence-electron chi connectivity index (χ1n) is 9.66. The van der Waals surface area contributed by atoms with Crippen molar-refractivity contribution in [2.45, 2.75) is 45.2 Å². The van der Waals surface area contributed by atoms with Gasteiger partial charge in [-0.3, -0.25) is 14.8 Å². The van der Waals surface area contributed by atoms with Crippen LogP contribution in [-0.2, 0) is 13.0 Å². The molecule has 27 heavy (non-hydrogen) atoms. The molecule has 0 amide bonds. The summed E-state index contributed by atoms with van der Waals surface area (Å²) in [4.78, 5) is 19.4. The van der Waals surface area contributed by atoms with Gasteiger partial charge in [0.25, 0.3) is 5.56 Å². The fourth-order valence-electron chi connectivity index (χ4n) is 3.95. The minimum absolute atomic E-state index is 0.0433. The van der Waals surface area contributed by atoms with Crippen LogP contribution in [0.5, 0.6) is 5.75 Å². The molecule has 0 unspecified atom stereocenters. The largest absolute Gasteiger partial charge is 0.497 e. The normalized spacial score (nSPS) is 18.1. The number of likely N-dealkylation sites (tertiary alicyclic amines) is 1. The summed E-state index contributed by atoms with van der Waals surface area (Å²) in [5, 5.41) is 3.30. The first-order chi connectivity index (χ1) is 13.2. The van der Waals surface area contributed by atoms with Crippen LogP contribution >= 0.6 is 0 Å². The summed E-state index contributed by atoms with van der Waals surface area (Å²) in [7, 11) is 1.70. The maximum absolute atomic E-state index is 12.4. The monoisotopic (exact) mass is 366 g/mol. The Labute approximate surface area is 158 Å². The molecule has 6 nitrogen and oxygen atoms in total. The Kier molecular flexibility index (Phi) is 4.99. The lowest BCUT2D eigenvalue weighted by molar-refractivity contribution is 0.137. The molecule has 0 aliphatic carbocycles. The molecule has 0 radical (unpaired) electrons. The predicted molar refractivity (Wildman–Crippen MR) is 105 cm³/mol. The molecule has 3 aromatic rings. The number of aryl methyl sites for hydroxylation is 1. The number of H-pyrrole nitrogens is 1. The van der Waals surface area contributed by atoms with E-state index in [1.807, 2.05) is 25.1 Å². The highest BCUT2D eigenvalue weighted by Gasteiger charge is 2.26. The van der Waals surface area contributed by atoms with Gasteiger partial charge in [0, 0.05) is 24.4 Å². The number of nitrogens with zero attached hydrogens (tertiary/aromatic N) is 3. The molecule has 1 aromatic carbocycles. The highest BCUT2D eigenvalue weighted by molar-refractivity contribution is 5.41. The summed E-state index contributed by atoms with van der Waals surface area (Å²) in [5.41, 5.74) is 3.80. The Bertz CT molecular complexity index is 991. The minimum Gasteiger partial charge on any atom is -0.497 e. The third-order valence-corrected chi connectivity index (χ3v) is 5.38. The number of piperidine rings is 1. The maximum atomic E-state index is 12.4. The van der Waals surface area contributed by atoms with Gasteiger partial charge in [0.2, 0.25) is 0 Å². The number of methoxy groups -OCH3 is 1. The second kappa shape index (κ2) is 7.56. The first-order valence-corrected chi connectivity index (χ1v) is 9.66. The molecular weight excluding hydrogens is 340 g/mol. The summed E-state index contributed by atoms with van der Waals surface area (Å²) in [6, 6.07) is 12.1. The number of nitrogens with one attached hydrogen (secondary N) is 1. The van der Waals surface area contributed by atoms with Gasteiger partial charge in [0.1, 0.15) is 5.75 Å². The van der Waals surface area contributed by atoms with Gasteiger partial charge in [-0.1, -0.05) is 25.5 Å². The van der Waals surface area contributed by atoms with Crippen LogP contribution in [-0.4, -0.2) is 33.2 Å². The lowest BCUT2D eigenvalue weighted by Gasteiger charge is -2.35. The van der Waals surface area contributed by atoms with Gasteiger partial charge in [-0.15, -0.1) is 0 Å². The van der Waals surface area contributed by atoms with E-state index < -0.39 is 0 Å². The number of hydrogen-bond donors (Lipinski definition) is 1. The molecular formula is C21H26N4O2. The Morgan fingerprint density at radius 2 is 2.15 bits per heavy atom. The van der Waals surface area contributed by atoms with Crippen LogP contribution in [0.15, 0.2) is 41.2 Å². The van der Waals surface area contributed by atoms with E-state index in [9.17, 15) is 4.79 Å². The van der Waals surface area contributed by atoms with Crippen molar-refractivity contribution in [2.24, 2.45) is 0 Å². The zero-order valence-electron chi connectivity index (χ0n) is 15.9. The van der Waals surface area contributed by atoms with Crippen molar-refractivity contribution < 1.29 is 4.74 Å². The van der Waals surface area contributed by atoms with E-state index in [1.165, 1.54) is 18.4 Å². The van der Waals surface area contributed by atoms with Crippen LogP contribution in [0.3, 0.4) is 0 Å². The molecule has 1 aliphatic heterocycles. The van der Waals surface area contributed by atoms with Crippen molar-refractivity contribution in [2.75, 3.05) is 13.7 Å². The lowest BCUT2D eigenvalue weighted by atomic mass is 9.98. The van der Waals surface area contributed by atoms with Gasteiger partial charge in [0.05, 0.1) is 18.8 Å². The summed E-state index contributed by atoms with van der Waals surface area (Å²) in [5.74, 6) is 0.884. The van der Waals surface area contributed by atoms with E-state index in [4.69, 9.17) is 4.74 Å². The topological polar surface area (TPSA) is 62.6 Å². The first kappa shape index (κ1) is 17.8. The van der Waals surface area contributed by atoms with Crippen molar-refractivity contribution in [3.63, 3.8) is 0 Å². The van der Waals surface area contributed by atoms with E-state index >= 15 is 0 Å². The molecule has 142 valence electrons. The summed E-state index contributed by atoms with van der Waals surface area (Å²) in [6.07, 6.45) is 4.22. The Morgan fingerprint density at radius 3 is 2.96 bits per heavy atom. The van der Waals surface area contributed by atoms with Crippen molar-refractivity contribution in [3.05, 3.63) is 63.7 Å². The fourth-order valence-corrected chi connectivity index (χ4v) is 3.95. The van der Waals surface area contributed by atoms with Gasteiger partial charge < -0.3 is 4.74 Å². The smallest absolute Gasteiger partial charge is 0.272 e. The third kappa shape index (κ3) is 3.62. The van der Waals surface area contributed by atoms with Crippen LogP contribution in [0.25, 0.3) is 5.65 Å². The lowest BCUT2D eigenvalue weighted by Crippen LogP contribution is -2.33. The number of fused-ring (bicyclic) bond motifs is 1. The van der Waals surface area contributed by atoms with E-state index in [2.05, 4.69) is 27.1 Å². The summed E-state index contributed by atoms with van der Waals surface area (Å²) < 4.78 is 6.92. The quantitative estimate of drug-likeness (QED) is 0.752. The molecule has 3 heterocycles. The van der Waals surface area contributed by atoms with Crippen molar-refractivity contribution in [3.8, 4) is 5.75 Å². The Morgan fingerprint density at radius 1 is 1.26 bits per heavy atom. The molecule has 1 saturated heterocycles. The van der Waals surface area contributed by atoms with Gasteiger partial charge in [-0.2, -0.15) is 0 Å². The number of benzene rings is 1. The summed E-state index contributed by atoms with van der Waals surface area (Å²) in [6.45, 7) is 3.92. The van der Waals surface area contributed by atoms with Crippen LogP contribution < -0.4 is 10.3 Å². The number of rotatable bonds is 5. The highest BCUT2D eigenvalue weighted by atomic mass is 16.5. The Balaban J connectivity index is 1.65. The molecule has 1 N–H and O–H groups in total. The molecule has 1 atom stereocenters. The molecule has 6 heteroatoms. The van der Waals surface area contributed by atoms with Crippen LogP contribution in [0, 0.1) is 0 Å². The second-order valence-corrected chi connectivity index (χ2v) is 7.18. The molecule has 0 spiro atoms. The molecule has 0 bridgehead atoms. The predicted octanol–water partition coefficient (Wildman–Crippen LogP) is 3.32. The average Bonchev–Trinajstić information content (AvgIpc) is 3.13. The fraction of sp³-hybridized carbons (Fsp3) is 0.429. The van der Waals surface area contributed by atoms with Crippen LogP contribution in [0.4, 0.5) is 0 Å². The highest BCUT2D eigenvalue weighted by Crippen LogP contribution is 2.32. The SMILES string of the molecule is CCc1cc(=O)n2[nH]c([C@H]3CCCCN3Cc3cccc(OC)c3)cc2n1. The van der Waals surface area contributed by atoms with Crippen molar-refractivity contribution >= 4 is 5.65 Å². The van der Waals surface area contributed by atoms with E-state index in [0.717, 1.165) is 43.1 Å². The molecule has 0 saturated carbocycles. The van der Waals surface area contributed by atoms with Gasteiger partial charge >= 0.3 is 0 Å². The average molecular weight is 366 g/mol. The van der Waals surface area contributed by atoms with Gasteiger partial charge in [-0.25, -0.2) is 9.50 Å². The van der Waals surface area contributed by atoms with Crippen LogP contribution in [0.1, 0.15) is 49.2 Å². The maximum Gasteiger partial charge on any atom is 0.272 e. The molecule has 4 rings (SSSR count). The number of aromatic nitrogens is 3. The van der Waals surface area contributed by atoms with E-state index in [-0.39, 0.29) is 11.6 Å². The molecule has 1 fully saturated rings. The van der Waals surface area contributed by atoms with Crippen molar-refractivity contribution in [1.29, 1.82) is 0 Å². The van der Waals surface area contributed by atoms with Crippen LogP contribution in [0.2, 0.25) is 0 Å². The van der Waals surface area contributed by atoms with Crippen molar-refractivity contribution in [1.82, 2.24) is 19.5 Å². The number of ether oxygens (including phenoxy) is 1. The zero-order chi connectivity index (χ0) is 18.8. The van der Waals surface area contributed by atoms with Gasteiger partial charge in [0.15, 0.2) is 5.65 Å². The Hall–Kier alpha value is -2.60. The minimum atomic E-state index is -0.0433. The molecule has 1 aliphatic rings. The summed E-state index contributed by atoms with van der Waals surface area (Å²) >= 11 is 0. The van der Waals surface area contributed by atoms with E-state index in [0.29, 0.717) is 5.65 Å². The van der Waals surface area contributed by atoms with Gasteiger partial charge in [-0.05, 0) is 43.5 Å². The number of hydrogen-bond acceptors (Lipinski definition) is 4. The zero-order valence-corrected chi connectivity index (χ0v) is 15.9.